The van der Waals surface area contributed by atoms with Crippen LogP contribution in [0.3, 0.4) is 0 Å². The van der Waals surface area contributed by atoms with Gasteiger partial charge in [0.25, 0.3) is 0 Å². The number of hydrogen-bond donors (Lipinski definition) is 0. The van der Waals surface area contributed by atoms with E-state index in [9.17, 15) is 0 Å². The van der Waals surface area contributed by atoms with Gasteiger partial charge < -0.3 is 4.90 Å². The first-order chi connectivity index (χ1) is 11.5. The van der Waals surface area contributed by atoms with Crippen molar-refractivity contribution in [2.75, 3.05) is 18.0 Å². The lowest BCUT2D eigenvalue weighted by Crippen LogP contribution is -2.21. The second-order valence-corrected chi connectivity index (χ2v) is 9.09. The summed E-state index contributed by atoms with van der Waals surface area (Å²) in [5.74, 6) is 1.20. The van der Waals surface area contributed by atoms with Crippen LogP contribution in [-0.4, -0.2) is 28.0 Å². The zero-order chi connectivity index (χ0) is 16.5. The molecule has 0 atom stereocenters. The molecular weight excluding hydrogens is 340 g/mol. The van der Waals surface area contributed by atoms with Crippen molar-refractivity contribution in [1.29, 1.82) is 0 Å². The first-order valence-electron chi connectivity index (χ1n) is 8.53. The molecule has 5 rings (SSSR count). The number of fused-ring (bicyclic) bond motifs is 5. The van der Waals surface area contributed by atoms with E-state index < -0.39 is 0 Å². The van der Waals surface area contributed by atoms with Gasteiger partial charge in [0.15, 0.2) is 0 Å². The van der Waals surface area contributed by atoms with Gasteiger partial charge in [-0.3, -0.25) is 0 Å². The lowest BCUT2D eigenvalue weighted by Gasteiger charge is -2.21. The third kappa shape index (κ3) is 2.07. The van der Waals surface area contributed by atoms with Crippen LogP contribution in [0.4, 0.5) is 5.82 Å². The molecule has 24 heavy (non-hydrogen) atoms. The molecule has 1 aliphatic carbocycles. The van der Waals surface area contributed by atoms with Gasteiger partial charge in [-0.1, -0.05) is 25.4 Å². The summed E-state index contributed by atoms with van der Waals surface area (Å²) in [5.41, 5.74) is 4.12. The Morgan fingerprint density at radius 2 is 1.88 bits per heavy atom. The van der Waals surface area contributed by atoms with Crippen molar-refractivity contribution in [3.05, 3.63) is 22.6 Å². The minimum Gasteiger partial charge on any atom is -0.356 e. The number of rotatable bonds is 1. The van der Waals surface area contributed by atoms with Crippen LogP contribution < -0.4 is 4.90 Å². The normalized spacial score (nSPS) is 19.5. The highest BCUT2D eigenvalue weighted by Crippen LogP contribution is 2.47. The summed E-state index contributed by atoms with van der Waals surface area (Å²) in [5, 5.41) is 1.75. The molecule has 3 aromatic heterocycles. The van der Waals surface area contributed by atoms with Crippen LogP contribution in [0.15, 0.2) is 6.33 Å². The van der Waals surface area contributed by atoms with Crippen molar-refractivity contribution >= 4 is 49.2 Å². The van der Waals surface area contributed by atoms with Crippen LogP contribution >= 0.6 is 22.9 Å². The molecule has 1 saturated heterocycles. The fourth-order valence-corrected chi connectivity index (χ4v) is 5.55. The summed E-state index contributed by atoms with van der Waals surface area (Å²) in [6.45, 7) is 6.94. The van der Waals surface area contributed by atoms with E-state index in [0.29, 0.717) is 5.15 Å². The molecule has 4 nitrogen and oxygen atoms in total. The molecule has 0 bridgehead atoms. The maximum atomic E-state index is 6.32. The summed E-state index contributed by atoms with van der Waals surface area (Å²) in [7, 11) is 0. The molecule has 1 fully saturated rings. The molecular formula is C18H19ClN4S. The maximum absolute atomic E-state index is 6.32. The lowest BCUT2D eigenvalue weighted by atomic mass is 9.90. The minimum atomic E-state index is 0.276. The highest BCUT2D eigenvalue weighted by atomic mass is 35.5. The Balaban J connectivity index is 1.87. The molecule has 2 aliphatic rings. The Hall–Kier alpha value is -1.46. The molecule has 3 aromatic rings. The van der Waals surface area contributed by atoms with E-state index in [4.69, 9.17) is 16.6 Å². The van der Waals surface area contributed by atoms with E-state index in [1.54, 1.807) is 17.7 Å². The zero-order valence-corrected chi connectivity index (χ0v) is 15.5. The number of halogens is 1. The summed E-state index contributed by atoms with van der Waals surface area (Å²) < 4.78 is 0.965. The lowest BCUT2D eigenvalue weighted by molar-refractivity contribution is 0.393. The average molecular weight is 359 g/mol. The second kappa shape index (κ2) is 5.02. The largest absolute Gasteiger partial charge is 0.356 e. The van der Waals surface area contributed by atoms with Gasteiger partial charge in [0, 0.05) is 18.5 Å². The highest BCUT2D eigenvalue weighted by Gasteiger charge is 2.35. The first-order valence-corrected chi connectivity index (χ1v) is 9.72. The number of anilines is 1. The smallest absolute Gasteiger partial charge is 0.150 e. The predicted molar refractivity (Wildman–Crippen MR) is 100 cm³/mol. The predicted octanol–water partition coefficient (Wildman–Crippen LogP) is 4.62. The fourth-order valence-electron chi connectivity index (χ4n) is 4.26. The molecule has 0 aromatic carbocycles. The van der Waals surface area contributed by atoms with E-state index in [1.165, 1.54) is 35.2 Å². The van der Waals surface area contributed by atoms with Gasteiger partial charge in [0.1, 0.15) is 22.1 Å². The standard InChI is InChI=1S/C18H19ClN4S/c1-18(2)7-10-11(8-18)16(23-5-3-4-6-23)22-17-12(10)13-14(24-17)15(19)21-9-20-13/h9H,3-8H2,1-2H3. The number of thiophene rings is 1. The van der Waals surface area contributed by atoms with Crippen LogP contribution in [0.2, 0.25) is 5.15 Å². The fraction of sp³-hybridized carbons (Fsp3) is 0.500. The van der Waals surface area contributed by atoms with Crippen molar-refractivity contribution in [2.24, 2.45) is 5.41 Å². The van der Waals surface area contributed by atoms with Gasteiger partial charge in [-0.2, -0.15) is 0 Å². The van der Waals surface area contributed by atoms with Crippen LogP contribution in [0, 0.1) is 5.41 Å². The van der Waals surface area contributed by atoms with E-state index in [-0.39, 0.29) is 5.41 Å². The van der Waals surface area contributed by atoms with Crippen molar-refractivity contribution in [2.45, 2.75) is 39.5 Å². The number of nitrogens with zero attached hydrogens (tertiary/aromatic N) is 4. The van der Waals surface area contributed by atoms with Crippen LogP contribution in [-0.2, 0) is 12.8 Å². The van der Waals surface area contributed by atoms with Gasteiger partial charge in [-0.25, -0.2) is 15.0 Å². The van der Waals surface area contributed by atoms with Gasteiger partial charge in [-0.05, 0) is 42.2 Å². The Labute approximate surface area is 149 Å². The van der Waals surface area contributed by atoms with Crippen LogP contribution in [0.5, 0.6) is 0 Å². The minimum absolute atomic E-state index is 0.276. The van der Waals surface area contributed by atoms with E-state index in [2.05, 4.69) is 28.7 Å². The Kier molecular flexibility index (Phi) is 3.11. The average Bonchev–Trinajstić information content (AvgIpc) is 3.21. The number of aromatic nitrogens is 3. The highest BCUT2D eigenvalue weighted by molar-refractivity contribution is 7.26. The van der Waals surface area contributed by atoms with Crippen LogP contribution in [0.25, 0.3) is 20.4 Å². The summed E-state index contributed by atoms with van der Waals surface area (Å²) in [6, 6.07) is 0. The Bertz CT molecular complexity index is 972. The number of pyridine rings is 1. The molecule has 0 N–H and O–H groups in total. The summed E-state index contributed by atoms with van der Waals surface area (Å²) in [6.07, 6.45) is 6.27. The summed E-state index contributed by atoms with van der Waals surface area (Å²) in [4.78, 5) is 17.3. The monoisotopic (exact) mass is 358 g/mol. The van der Waals surface area contributed by atoms with E-state index >= 15 is 0 Å². The first kappa shape index (κ1) is 14.8. The molecule has 0 spiro atoms. The topological polar surface area (TPSA) is 41.9 Å². The van der Waals surface area contributed by atoms with Crippen molar-refractivity contribution < 1.29 is 0 Å². The quantitative estimate of drug-likeness (QED) is 0.595. The van der Waals surface area contributed by atoms with Gasteiger partial charge in [0.2, 0.25) is 0 Å². The van der Waals surface area contributed by atoms with E-state index in [0.717, 1.165) is 41.0 Å². The molecule has 4 heterocycles. The molecule has 1 aliphatic heterocycles. The molecule has 0 amide bonds. The van der Waals surface area contributed by atoms with Crippen molar-refractivity contribution in [3.63, 3.8) is 0 Å². The molecule has 0 saturated carbocycles. The SMILES string of the molecule is CC1(C)Cc2c(N3CCCC3)nc3sc4c(Cl)ncnc4c3c2C1. The Morgan fingerprint density at radius 1 is 1.12 bits per heavy atom. The van der Waals surface area contributed by atoms with Crippen LogP contribution in [0.1, 0.15) is 37.8 Å². The maximum Gasteiger partial charge on any atom is 0.150 e. The third-order valence-electron chi connectivity index (χ3n) is 5.27. The van der Waals surface area contributed by atoms with Gasteiger partial charge >= 0.3 is 0 Å². The van der Waals surface area contributed by atoms with Gasteiger partial charge in [-0.15, -0.1) is 11.3 Å². The zero-order valence-electron chi connectivity index (χ0n) is 13.9. The molecule has 0 radical (unpaired) electrons. The third-order valence-corrected chi connectivity index (χ3v) is 6.75. The van der Waals surface area contributed by atoms with Crippen molar-refractivity contribution in [3.8, 4) is 0 Å². The molecule has 0 unspecified atom stereocenters. The molecule has 124 valence electrons. The Morgan fingerprint density at radius 3 is 2.67 bits per heavy atom. The van der Waals surface area contributed by atoms with Gasteiger partial charge in [0.05, 0.1) is 10.2 Å². The van der Waals surface area contributed by atoms with E-state index in [1.807, 2.05) is 0 Å². The summed E-state index contributed by atoms with van der Waals surface area (Å²) >= 11 is 7.96. The molecule has 6 heteroatoms. The second-order valence-electron chi connectivity index (χ2n) is 7.73. The van der Waals surface area contributed by atoms with Crippen molar-refractivity contribution in [1.82, 2.24) is 15.0 Å². The number of hydrogen-bond acceptors (Lipinski definition) is 5.